The number of para-hydroxylation sites is 1. The van der Waals surface area contributed by atoms with Crippen LogP contribution in [0.1, 0.15) is 12.2 Å². The highest BCUT2D eigenvalue weighted by Crippen LogP contribution is 2.27. The Balaban J connectivity index is 2.20. The molecule has 1 heterocycles. The molecule has 0 fully saturated rings. The van der Waals surface area contributed by atoms with E-state index in [0.717, 1.165) is 35.2 Å². The summed E-state index contributed by atoms with van der Waals surface area (Å²) in [5.41, 5.74) is 0.956. The molecule has 0 aliphatic rings. The third-order valence-electron chi connectivity index (χ3n) is 2.40. The van der Waals surface area contributed by atoms with Crippen LogP contribution in [0.5, 0.6) is 0 Å². The molecule has 2 rings (SSSR count). The lowest BCUT2D eigenvalue weighted by Crippen LogP contribution is -2.07. The molecule has 0 saturated heterocycles. The molecule has 1 aromatic carbocycles. The average molecular weight is 268 g/mol. The van der Waals surface area contributed by atoms with Gasteiger partial charge in [-0.1, -0.05) is 12.1 Å². The summed E-state index contributed by atoms with van der Waals surface area (Å²) in [7, 11) is 1.97. The number of rotatable bonds is 4. The number of benzene rings is 1. The first kappa shape index (κ1) is 10.7. The van der Waals surface area contributed by atoms with Gasteiger partial charge in [0.1, 0.15) is 11.3 Å². The van der Waals surface area contributed by atoms with E-state index in [9.17, 15) is 0 Å². The molecule has 15 heavy (non-hydrogen) atoms. The van der Waals surface area contributed by atoms with Crippen LogP contribution in [0.3, 0.4) is 0 Å². The average Bonchev–Trinajstić information content (AvgIpc) is 2.63. The molecule has 0 spiro atoms. The van der Waals surface area contributed by atoms with Crippen LogP contribution in [-0.2, 0) is 6.42 Å². The zero-order valence-corrected chi connectivity index (χ0v) is 10.3. The molecule has 0 saturated carbocycles. The predicted molar refractivity (Wildman–Crippen MR) is 66.2 cm³/mol. The Labute approximate surface area is 97.8 Å². The minimum atomic E-state index is 0.956. The molecule has 0 aliphatic carbocycles. The van der Waals surface area contributed by atoms with Crippen LogP contribution < -0.4 is 5.32 Å². The standard InChI is InChI=1S/C12H14BrNO/c1-14-7-3-5-10-8-9-4-2-6-11(13)12(9)15-10/h2,4,6,8,14H,3,5,7H2,1H3. The molecule has 0 radical (unpaired) electrons. The summed E-state index contributed by atoms with van der Waals surface area (Å²) in [6, 6.07) is 8.23. The van der Waals surface area contributed by atoms with Gasteiger partial charge in [-0.15, -0.1) is 0 Å². The molecule has 2 aromatic rings. The largest absolute Gasteiger partial charge is 0.460 e. The topological polar surface area (TPSA) is 25.2 Å². The van der Waals surface area contributed by atoms with E-state index >= 15 is 0 Å². The van der Waals surface area contributed by atoms with Crippen molar-refractivity contribution in [3.05, 3.63) is 34.5 Å². The Morgan fingerprint density at radius 3 is 3.00 bits per heavy atom. The van der Waals surface area contributed by atoms with Crippen molar-refractivity contribution in [2.75, 3.05) is 13.6 Å². The van der Waals surface area contributed by atoms with Crippen molar-refractivity contribution in [3.8, 4) is 0 Å². The highest BCUT2D eigenvalue weighted by atomic mass is 79.9. The van der Waals surface area contributed by atoms with Gasteiger partial charge in [0.05, 0.1) is 4.47 Å². The monoisotopic (exact) mass is 267 g/mol. The second-order valence-corrected chi connectivity index (χ2v) is 4.43. The predicted octanol–water partition coefficient (Wildman–Crippen LogP) is 3.35. The fourth-order valence-electron chi connectivity index (χ4n) is 1.64. The maximum absolute atomic E-state index is 5.77. The summed E-state index contributed by atoms with van der Waals surface area (Å²) >= 11 is 3.49. The van der Waals surface area contributed by atoms with E-state index in [2.05, 4.69) is 33.4 Å². The first-order valence-corrected chi connectivity index (χ1v) is 5.92. The number of halogens is 1. The van der Waals surface area contributed by atoms with Gasteiger partial charge in [0.25, 0.3) is 0 Å². The van der Waals surface area contributed by atoms with Gasteiger partial charge in [0, 0.05) is 11.8 Å². The van der Waals surface area contributed by atoms with E-state index in [1.54, 1.807) is 0 Å². The second kappa shape index (κ2) is 4.81. The summed E-state index contributed by atoms with van der Waals surface area (Å²) in [6.07, 6.45) is 2.09. The summed E-state index contributed by atoms with van der Waals surface area (Å²) in [6.45, 7) is 1.03. The Hall–Kier alpha value is -0.800. The molecule has 0 unspecified atom stereocenters. The Morgan fingerprint density at radius 1 is 1.40 bits per heavy atom. The number of aryl methyl sites for hydroxylation is 1. The summed E-state index contributed by atoms with van der Waals surface area (Å²) < 4.78 is 6.80. The molecule has 3 heteroatoms. The number of nitrogens with one attached hydrogen (secondary N) is 1. The highest BCUT2D eigenvalue weighted by Gasteiger charge is 2.05. The van der Waals surface area contributed by atoms with E-state index in [1.165, 1.54) is 5.39 Å². The van der Waals surface area contributed by atoms with Crippen molar-refractivity contribution in [1.82, 2.24) is 5.32 Å². The lowest BCUT2D eigenvalue weighted by Gasteiger charge is -1.95. The van der Waals surface area contributed by atoms with E-state index in [4.69, 9.17) is 4.42 Å². The smallest absolute Gasteiger partial charge is 0.148 e. The van der Waals surface area contributed by atoms with Crippen molar-refractivity contribution in [3.63, 3.8) is 0 Å². The molecule has 80 valence electrons. The first-order valence-electron chi connectivity index (χ1n) is 5.13. The number of fused-ring (bicyclic) bond motifs is 1. The third-order valence-corrected chi connectivity index (χ3v) is 3.02. The normalized spacial score (nSPS) is 11.1. The van der Waals surface area contributed by atoms with Crippen LogP contribution in [0.25, 0.3) is 11.0 Å². The first-order chi connectivity index (χ1) is 7.31. The van der Waals surface area contributed by atoms with Crippen LogP contribution in [0.4, 0.5) is 0 Å². The maximum atomic E-state index is 5.77. The van der Waals surface area contributed by atoms with Gasteiger partial charge in [0.2, 0.25) is 0 Å². The van der Waals surface area contributed by atoms with Crippen molar-refractivity contribution < 1.29 is 4.42 Å². The quantitative estimate of drug-likeness (QED) is 0.860. The van der Waals surface area contributed by atoms with Crippen molar-refractivity contribution in [2.45, 2.75) is 12.8 Å². The zero-order chi connectivity index (χ0) is 10.7. The van der Waals surface area contributed by atoms with Gasteiger partial charge in [-0.2, -0.15) is 0 Å². The summed E-state index contributed by atoms with van der Waals surface area (Å²) in [4.78, 5) is 0. The van der Waals surface area contributed by atoms with Crippen molar-refractivity contribution >= 4 is 26.9 Å². The van der Waals surface area contributed by atoms with Gasteiger partial charge >= 0.3 is 0 Å². The molecular formula is C12H14BrNO. The minimum absolute atomic E-state index is 0.956. The Morgan fingerprint density at radius 2 is 2.27 bits per heavy atom. The zero-order valence-electron chi connectivity index (χ0n) is 8.72. The molecule has 1 N–H and O–H groups in total. The number of hydrogen-bond acceptors (Lipinski definition) is 2. The van der Waals surface area contributed by atoms with Crippen LogP contribution in [0, 0.1) is 0 Å². The Kier molecular flexibility index (Phi) is 3.44. The second-order valence-electron chi connectivity index (χ2n) is 3.58. The molecule has 0 atom stereocenters. The molecule has 1 aromatic heterocycles. The van der Waals surface area contributed by atoms with E-state index in [-0.39, 0.29) is 0 Å². The maximum Gasteiger partial charge on any atom is 0.148 e. The van der Waals surface area contributed by atoms with Gasteiger partial charge < -0.3 is 9.73 Å². The fourth-order valence-corrected chi connectivity index (χ4v) is 2.11. The lowest BCUT2D eigenvalue weighted by molar-refractivity contribution is 0.533. The van der Waals surface area contributed by atoms with Crippen LogP contribution in [0.15, 0.2) is 33.2 Å². The molecular weight excluding hydrogens is 254 g/mol. The SMILES string of the molecule is CNCCCc1cc2cccc(Br)c2o1. The van der Waals surface area contributed by atoms with Crippen LogP contribution in [0.2, 0.25) is 0 Å². The summed E-state index contributed by atoms with van der Waals surface area (Å²) in [5, 5.41) is 4.30. The fraction of sp³-hybridized carbons (Fsp3) is 0.333. The lowest BCUT2D eigenvalue weighted by atomic mass is 10.2. The van der Waals surface area contributed by atoms with Crippen molar-refractivity contribution in [1.29, 1.82) is 0 Å². The minimum Gasteiger partial charge on any atom is -0.460 e. The number of furan rings is 1. The molecule has 0 bridgehead atoms. The van der Waals surface area contributed by atoms with Crippen molar-refractivity contribution in [2.24, 2.45) is 0 Å². The Bertz CT molecular complexity index is 450. The van der Waals surface area contributed by atoms with Gasteiger partial charge in [-0.3, -0.25) is 0 Å². The van der Waals surface area contributed by atoms with Crippen LogP contribution in [-0.4, -0.2) is 13.6 Å². The van der Waals surface area contributed by atoms with Gasteiger partial charge in [0.15, 0.2) is 0 Å². The van der Waals surface area contributed by atoms with E-state index in [1.807, 2.05) is 19.2 Å². The third kappa shape index (κ3) is 2.41. The molecule has 0 aliphatic heterocycles. The van der Waals surface area contributed by atoms with Crippen LogP contribution >= 0.6 is 15.9 Å². The molecule has 0 amide bonds. The van der Waals surface area contributed by atoms with E-state index in [0.29, 0.717) is 0 Å². The van der Waals surface area contributed by atoms with E-state index < -0.39 is 0 Å². The summed E-state index contributed by atoms with van der Waals surface area (Å²) in [5.74, 6) is 1.06. The highest BCUT2D eigenvalue weighted by molar-refractivity contribution is 9.10. The van der Waals surface area contributed by atoms with Gasteiger partial charge in [-0.25, -0.2) is 0 Å². The number of hydrogen-bond donors (Lipinski definition) is 1. The van der Waals surface area contributed by atoms with Gasteiger partial charge in [-0.05, 0) is 48.1 Å². The molecule has 2 nitrogen and oxygen atoms in total.